The highest BCUT2D eigenvalue weighted by molar-refractivity contribution is 6.30. The van der Waals surface area contributed by atoms with Crippen molar-refractivity contribution in [3.8, 4) is 23.1 Å². The third kappa shape index (κ3) is 4.27. The number of carbonyl (C=O) groups excluding carboxylic acids is 1. The van der Waals surface area contributed by atoms with Crippen molar-refractivity contribution in [2.24, 2.45) is 0 Å². The highest BCUT2D eigenvalue weighted by Gasteiger charge is 2.19. The van der Waals surface area contributed by atoms with Gasteiger partial charge in [-0.05, 0) is 24.3 Å². The predicted octanol–water partition coefficient (Wildman–Crippen LogP) is 4.38. The Hall–Kier alpha value is -3.30. The molecule has 1 amide bonds. The zero-order valence-electron chi connectivity index (χ0n) is 14.6. The zero-order valence-corrected chi connectivity index (χ0v) is 15.4. The number of hydrogen-bond donors (Lipinski definition) is 1. The molecule has 3 aromatic rings. The second-order valence-electron chi connectivity index (χ2n) is 5.72. The molecule has 0 aliphatic heterocycles. The lowest BCUT2D eigenvalue weighted by atomic mass is 10.1. The summed E-state index contributed by atoms with van der Waals surface area (Å²) < 4.78 is 6.88. The number of aryl methyl sites for hydroxylation is 1. The van der Waals surface area contributed by atoms with Gasteiger partial charge in [-0.25, -0.2) is 0 Å². The minimum atomic E-state index is -0.312. The Morgan fingerprint density at radius 2 is 2.00 bits per heavy atom. The van der Waals surface area contributed by atoms with Crippen LogP contribution in [-0.2, 0) is 6.54 Å². The summed E-state index contributed by atoms with van der Waals surface area (Å²) in [5.74, 6) is 0.253. The van der Waals surface area contributed by atoms with E-state index in [1.165, 1.54) is 0 Å². The number of carbonyl (C=O) groups is 1. The lowest BCUT2D eigenvalue weighted by Crippen LogP contribution is -2.13. The van der Waals surface area contributed by atoms with E-state index in [2.05, 4.69) is 16.5 Å². The maximum Gasteiger partial charge on any atom is 0.259 e. The molecule has 0 atom stereocenters. The molecule has 6 nitrogen and oxygen atoms in total. The summed E-state index contributed by atoms with van der Waals surface area (Å²) in [6, 6.07) is 16.4. The summed E-state index contributed by atoms with van der Waals surface area (Å²) in [7, 11) is 1.55. The Labute approximate surface area is 161 Å². The molecule has 1 heterocycles. The van der Waals surface area contributed by atoms with Crippen molar-refractivity contribution in [1.82, 2.24) is 9.78 Å². The molecule has 2 aromatic carbocycles. The molecule has 1 N–H and O–H groups in total. The second kappa shape index (κ2) is 8.39. The number of para-hydroxylation sites is 2. The van der Waals surface area contributed by atoms with Crippen LogP contribution >= 0.6 is 11.6 Å². The first-order valence-corrected chi connectivity index (χ1v) is 8.65. The Morgan fingerprint density at radius 1 is 1.26 bits per heavy atom. The van der Waals surface area contributed by atoms with Gasteiger partial charge in [-0.2, -0.15) is 10.4 Å². The Balaban J connectivity index is 1.97. The maximum absolute atomic E-state index is 12.9. The van der Waals surface area contributed by atoms with E-state index in [9.17, 15) is 4.79 Å². The fraction of sp³-hybridized carbons (Fsp3) is 0.150. The zero-order chi connectivity index (χ0) is 19.2. The number of nitrogens with one attached hydrogen (secondary N) is 1. The topological polar surface area (TPSA) is 79.9 Å². The Bertz CT molecular complexity index is 990. The number of methoxy groups -OCH3 is 1. The molecule has 0 saturated heterocycles. The van der Waals surface area contributed by atoms with Crippen molar-refractivity contribution >= 4 is 23.2 Å². The van der Waals surface area contributed by atoms with Crippen LogP contribution in [0, 0.1) is 11.3 Å². The van der Waals surface area contributed by atoms with E-state index in [1.54, 1.807) is 54.4 Å². The summed E-state index contributed by atoms with van der Waals surface area (Å²) in [4.78, 5) is 12.9. The van der Waals surface area contributed by atoms with Crippen molar-refractivity contribution in [3.63, 3.8) is 0 Å². The van der Waals surface area contributed by atoms with Crippen LogP contribution in [0.25, 0.3) is 11.3 Å². The van der Waals surface area contributed by atoms with Crippen molar-refractivity contribution < 1.29 is 9.53 Å². The third-order valence-corrected chi connectivity index (χ3v) is 4.18. The third-order valence-electron chi connectivity index (χ3n) is 3.93. The Morgan fingerprint density at radius 3 is 2.70 bits per heavy atom. The highest BCUT2D eigenvalue weighted by Crippen LogP contribution is 2.27. The quantitative estimate of drug-likeness (QED) is 0.688. The van der Waals surface area contributed by atoms with Crippen LogP contribution in [0.4, 0.5) is 5.69 Å². The van der Waals surface area contributed by atoms with E-state index >= 15 is 0 Å². The number of aromatic nitrogens is 2. The predicted molar refractivity (Wildman–Crippen MR) is 104 cm³/mol. The van der Waals surface area contributed by atoms with Gasteiger partial charge in [0.05, 0.1) is 37.4 Å². The van der Waals surface area contributed by atoms with Gasteiger partial charge < -0.3 is 10.1 Å². The molecule has 0 spiro atoms. The summed E-state index contributed by atoms with van der Waals surface area (Å²) in [6.07, 6.45) is 1.95. The number of benzene rings is 2. The molecule has 0 saturated carbocycles. The number of nitrogens with zero attached hydrogens (tertiary/aromatic N) is 3. The molecular weight excluding hydrogens is 364 g/mol. The fourth-order valence-electron chi connectivity index (χ4n) is 2.63. The van der Waals surface area contributed by atoms with Gasteiger partial charge in [0, 0.05) is 16.8 Å². The monoisotopic (exact) mass is 380 g/mol. The number of nitriles is 1. The van der Waals surface area contributed by atoms with Crippen molar-refractivity contribution in [1.29, 1.82) is 5.26 Å². The average molecular weight is 381 g/mol. The molecule has 27 heavy (non-hydrogen) atoms. The van der Waals surface area contributed by atoms with Gasteiger partial charge >= 0.3 is 0 Å². The van der Waals surface area contributed by atoms with E-state index < -0.39 is 0 Å². The summed E-state index contributed by atoms with van der Waals surface area (Å²) >= 11 is 5.96. The van der Waals surface area contributed by atoms with E-state index in [0.29, 0.717) is 40.7 Å². The van der Waals surface area contributed by atoms with Crippen molar-refractivity contribution in [2.45, 2.75) is 13.0 Å². The first-order chi connectivity index (χ1) is 13.1. The number of ether oxygens (including phenoxy) is 1. The summed E-state index contributed by atoms with van der Waals surface area (Å²) in [5.41, 5.74) is 2.26. The molecule has 7 heteroatoms. The van der Waals surface area contributed by atoms with Gasteiger partial charge in [-0.15, -0.1) is 0 Å². The molecule has 0 aliphatic carbocycles. The van der Waals surface area contributed by atoms with Crippen LogP contribution in [0.2, 0.25) is 5.02 Å². The first-order valence-electron chi connectivity index (χ1n) is 8.27. The van der Waals surface area contributed by atoms with E-state index in [-0.39, 0.29) is 5.91 Å². The molecular formula is C20H17ClN4O2. The molecule has 0 unspecified atom stereocenters. The minimum Gasteiger partial charge on any atom is -0.495 e. The molecule has 1 aromatic heterocycles. The van der Waals surface area contributed by atoms with Crippen LogP contribution in [0.15, 0.2) is 54.7 Å². The van der Waals surface area contributed by atoms with Crippen LogP contribution in [-0.4, -0.2) is 22.8 Å². The fourth-order valence-corrected chi connectivity index (χ4v) is 2.75. The lowest BCUT2D eigenvalue weighted by Gasteiger charge is -2.09. The molecule has 0 radical (unpaired) electrons. The second-order valence-corrected chi connectivity index (χ2v) is 6.16. The van der Waals surface area contributed by atoms with Gasteiger partial charge in [0.15, 0.2) is 0 Å². The van der Waals surface area contributed by atoms with Crippen LogP contribution in [0.5, 0.6) is 5.75 Å². The van der Waals surface area contributed by atoms with E-state index in [4.69, 9.17) is 21.6 Å². The molecule has 0 bridgehead atoms. The molecule has 0 fully saturated rings. The number of anilines is 1. The smallest absolute Gasteiger partial charge is 0.259 e. The maximum atomic E-state index is 12.9. The van der Waals surface area contributed by atoms with Crippen molar-refractivity contribution in [2.75, 3.05) is 12.4 Å². The number of hydrogen-bond acceptors (Lipinski definition) is 4. The first kappa shape index (κ1) is 18.5. The van der Waals surface area contributed by atoms with Crippen molar-refractivity contribution in [3.05, 3.63) is 65.3 Å². The molecule has 0 aliphatic rings. The van der Waals surface area contributed by atoms with E-state index in [0.717, 1.165) is 5.56 Å². The molecule has 136 valence electrons. The summed E-state index contributed by atoms with van der Waals surface area (Å²) in [6.45, 7) is 0.402. The standard InChI is InChI=1S/C20H17ClN4O2/c1-27-18-6-3-2-5-17(18)23-20(26)16-13-25(12-4-11-22)24-19(16)14-7-9-15(21)10-8-14/h2-3,5-10,13H,4,12H2,1H3,(H,23,26). The number of amides is 1. The van der Waals surface area contributed by atoms with Gasteiger partial charge in [0.2, 0.25) is 0 Å². The number of halogens is 1. The van der Waals surface area contributed by atoms with Gasteiger partial charge in [0.25, 0.3) is 5.91 Å². The normalized spacial score (nSPS) is 10.3. The largest absolute Gasteiger partial charge is 0.495 e. The van der Waals surface area contributed by atoms with Crippen LogP contribution in [0.3, 0.4) is 0 Å². The average Bonchev–Trinajstić information content (AvgIpc) is 3.11. The van der Waals surface area contributed by atoms with Crippen LogP contribution < -0.4 is 10.1 Å². The van der Waals surface area contributed by atoms with Gasteiger partial charge in [-0.1, -0.05) is 35.9 Å². The number of rotatable bonds is 6. The highest BCUT2D eigenvalue weighted by atomic mass is 35.5. The summed E-state index contributed by atoms with van der Waals surface area (Å²) in [5, 5.41) is 16.8. The Kier molecular flexibility index (Phi) is 5.74. The SMILES string of the molecule is COc1ccccc1NC(=O)c1cn(CCC#N)nc1-c1ccc(Cl)cc1. The minimum absolute atomic E-state index is 0.301. The van der Waals surface area contributed by atoms with E-state index in [1.807, 2.05) is 12.1 Å². The van der Waals surface area contributed by atoms with Gasteiger partial charge in [0.1, 0.15) is 11.4 Å². The van der Waals surface area contributed by atoms with Crippen LogP contribution in [0.1, 0.15) is 16.8 Å². The lowest BCUT2D eigenvalue weighted by molar-refractivity contribution is 0.102. The molecule has 3 rings (SSSR count). The van der Waals surface area contributed by atoms with Gasteiger partial charge in [-0.3, -0.25) is 9.48 Å².